The van der Waals surface area contributed by atoms with E-state index in [2.05, 4.69) is 0 Å². The van der Waals surface area contributed by atoms with Crippen LogP contribution >= 0.6 is 0 Å². The topological polar surface area (TPSA) is 39.4 Å². The highest BCUT2D eigenvalue weighted by Crippen LogP contribution is 2.29. The Morgan fingerprint density at radius 2 is 1.88 bits per heavy atom. The number of hydrogen-bond acceptors (Lipinski definition) is 3. The maximum absolute atomic E-state index is 12.0. The van der Waals surface area contributed by atoms with Crippen LogP contribution in [0.4, 0.5) is 0 Å². The molecule has 0 bridgehead atoms. The van der Waals surface area contributed by atoms with E-state index in [1.165, 1.54) is 0 Å². The monoisotopic (exact) mass is 318 g/mol. The van der Waals surface area contributed by atoms with E-state index in [1.807, 2.05) is 60.7 Å². The molecule has 1 aliphatic carbocycles. The zero-order valence-corrected chi connectivity index (χ0v) is 13.3. The van der Waals surface area contributed by atoms with Crippen LogP contribution in [0.3, 0.4) is 0 Å². The third kappa shape index (κ3) is 2.85. The quantitative estimate of drug-likeness (QED) is 0.670. The Morgan fingerprint density at radius 1 is 1.04 bits per heavy atom. The van der Waals surface area contributed by atoms with Crippen LogP contribution in [-0.4, -0.2) is 6.61 Å². The minimum absolute atomic E-state index is 0.198. The van der Waals surface area contributed by atoms with Crippen LogP contribution < -0.4 is 10.4 Å². The molecule has 4 rings (SSSR count). The van der Waals surface area contributed by atoms with Gasteiger partial charge in [-0.25, -0.2) is 4.79 Å². The fourth-order valence-electron chi connectivity index (χ4n) is 3.25. The van der Waals surface area contributed by atoms with Crippen molar-refractivity contribution in [3.8, 4) is 5.75 Å². The first kappa shape index (κ1) is 14.8. The third-order valence-electron chi connectivity index (χ3n) is 4.40. The number of fused-ring (bicyclic) bond motifs is 3. The minimum atomic E-state index is -0.198. The first-order valence-electron chi connectivity index (χ1n) is 8.24. The molecule has 0 unspecified atom stereocenters. The standard InChI is InChI=1S/C21H18O3/c22-21-19-10-4-9-17(19)18-12-11-16(14-20(18)24-21)23-13-5-8-15-6-2-1-3-7-15/h1-3,5-8,11-12,14H,4,9-10,13H2/b8-5+. The Balaban J connectivity index is 1.52. The second kappa shape index (κ2) is 6.36. The predicted octanol–water partition coefficient (Wildman–Crippen LogP) is 4.37. The first-order valence-corrected chi connectivity index (χ1v) is 8.24. The van der Waals surface area contributed by atoms with Crippen molar-refractivity contribution in [1.29, 1.82) is 0 Å². The van der Waals surface area contributed by atoms with E-state index in [4.69, 9.17) is 9.15 Å². The smallest absolute Gasteiger partial charge is 0.339 e. The molecule has 0 saturated heterocycles. The van der Waals surface area contributed by atoms with Crippen molar-refractivity contribution in [1.82, 2.24) is 0 Å². The highest BCUT2D eigenvalue weighted by atomic mass is 16.5. The summed E-state index contributed by atoms with van der Waals surface area (Å²) in [6, 6.07) is 15.8. The normalized spacial score (nSPS) is 13.5. The van der Waals surface area contributed by atoms with Gasteiger partial charge in [0.25, 0.3) is 0 Å². The van der Waals surface area contributed by atoms with Crippen molar-refractivity contribution < 1.29 is 9.15 Å². The fraction of sp³-hybridized carbons (Fsp3) is 0.190. The van der Waals surface area contributed by atoms with Crippen molar-refractivity contribution >= 4 is 17.0 Å². The molecule has 1 aromatic heterocycles. The molecule has 0 radical (unpaired) electrons. The van der Waals surface area contributed by atoms with Gasteiger partial charge in [0.2, 0.25) is 0 Å². The Labute approximate surface area is 140 Å². The summed E-state index contributed by atoms with van der Waals surface area (Å²) in [4.78, 5) is 12.0. The summed E-state index contributed by atoms with van der Waals surface area (Å²) in [5.41, 5.74) is 3.56. The van der Waals surface area contributed by atoms with Crippen LogP contribution in [-0.2, 0) is 12.8 Å². The van der Waals surface area contributed by atoms with E-state index in [-0.39, 0.29) is 5.63 Å². The molecule has 1 aliphatic rings. The molecule has 3 aromatic rings. The van der Waals surface area contributed by atoms with Crippen molar-refractivity contribution in [2.45, 2.75) is 19.3 Å². The van der Waals surface area contributed by atoms with Crippen LogP contribution in [0.25, 0.3) is 17.0 Å². The van der Waals surface area contributed by atoms with E-state index in [0.717, 1.165) is 41.3 Å². The molecule has 24 heavy (non-hydrogen) atoms. The molecule has 0 saturated carbocycles. The maximum Gasteiger partial charge on any atom is 0.339 e. The molecule has 3 nitrogen and oxygen atoms in total. The maximum atomic E-state index is 12.0. The van der Waals surface area contributed by atoms with Crippen LogP contribution in [0.15, 0.2) is 63.8 Å². The molecule has 120 valence electrons. The van der Waals surface area contributed by atoms with Crippen molar-refractivity contribution in [2.24, 2.45) is 0 Å². The van der Waals surface area contributed by atoms with Crippen LogP contribution in [0, 0.1) is 0 Å². The summed E-state index contributed by atoms with van der Waals surface area (Å²) in [7, 11) is 0. The summed E-state index contributed by atoms with van der Waals surface area (Å²) in [6.07, 6.45) is 6.81. The van der Waals surface area contributed by atoms with Crippen molar-refractivity contribution in [3.05, 3.63) is 81.7 Å². The van der Waals surface area contributed by atoms with Gasteiger partial charge < -0.3 is 9.15 Å². The van der Waals surface area contributed by atoms with Gasteiger partial charge in [-0.2, -0.15) is 0 Å². The van der Waals surface area contributed by atoms with E-state index >= 15 is 0 Å². The molecule has 1 heterocycles. The first-order chi connectivity index (χ1) is 11.8. The van der Waals surface area contributed by atoms with E-state index < -0.39 is 0 Å². The molecule has 0 N–H and O–H groups in total. The number of rotatable bonds is 4. The van der Waals surface area contributed by atoms with Gasteiger partial charge >= 0.3 is 5.63 Å². The number of ether oxygens (including phenoxy) is 1. The molecule has 0 atom stereocenters. The molecule has 0 amide bonds. The summed E-state index contributed by atoms with van der Waals surface area (Å²) in [6.45, 7) is 0.468. The Morgan fingerprint density at radius 3 is 2.75 bits per heavy atom. The second-order valence-electron chi connectivity index (χ2n) is 5.98. The SMILES string of the molecule is O=c1oc2cc(OC/C=C/c3ccccc3)ccc2c2c1CCC2. The Bertz CT molecular complexity index is 952. The van der Waals surface area contributed by atoms with Gasteiger partial charge in [-0.15, -0.1) is 0 Å². The molecular formula is C21H18O3. The predicted molar refractivity (Wildman–Crippen MR) is 95.5 cm³/mol. The lowest BCUT2D eigenvalue weighted by molar-refractivity contribution is 0.363. The van der Waals surface area contributed by atoms with Gasteiger partial charge in [-0.3, -0.25) is 0 Å². The van der Waals surface area contributed by atoms with Crippen LogP contribution in [0.2, 0.25) is 0 Å². The van der Waals surface area contributed by atoms with Gasteiger partial charge in [-0.1, -0.05) is 36.4 Å². The van der Waals surface area contributed by atoms with Crippen LogP contribution in [0.5, 0.6) is 5.75 Å². The Kier molecular flexibility index (Phi) is 3.91. The molecule has 0 aliphatic heterocycles. The minimum Gasteiger partial charge on any atom is -0.489 e. The average molecular weight is 318 g/mol. The largest absolute Gasteiger partial charge is 0.489 e. The number of aryl methyl sites for hydroxylation is 1. The lowest BCUT2D eigenvalue weighted by Crippen LogP contribution is -2.06. The molecule has 0 spiro atoms. The van der Waals surface area contributed by atoms with E-state index in [0.29, 0.717) is 17.9 Å². The van der Waals surface area contributed by atoms with Gasteiger partial charge in [0.1, 0.15) is 17.9 Å². The van der Waals surface area contributed by atoms with Gasteiger partial charge in [0, 0.05) is 17.0 Å². The lowest BCUT2D eigenvalue weighted by atomic mass is 10.1. The van der Waals surface area contributed by atoms with Gasteiger partial charge in [-0.05, 0) is 48.6 Å². The second-order valence-corrected chi connectivity index (χ2v) is 5.98. The number of hydrogen-bond donors (Lipinski definition) is 0. The third-order valence-corrected chi connectivity index (χ3v) is 4.40. The molecule has 0 fully saturated rings. The van der Waals surface area contributed by atoms with Gasteiger partial charge in [0.15, 0.2) is 0 Å². The molecular weight excluding hydrogens is 300 g/mol. The zero-order chi connectivity index (χ0) is 16.4. The summed E-state index contributed by atoms with van der Waals surface area (Å²) < 4.78 is 11.2. The van der Waals surface area contributed by atoms with Gasteiger partial charge in [0.05, 0.1) is 0 Å². The highest BCUT2D eigenvalue weighted by molar-refractivity contribution is 5.83. The fourth-order valence-corrected chi connectivity index (χ4v) is 3.25. The lowest BCUT2D eigenvalue weighted by Gasteiger charge is -2.07. The summed E-state index contributed by atoms with van der Waals surface area (Å²) >= 11 is 0. The van der Waals surface area contributed by atoms with Crippen molar-refractivity contribution in [3.63, 3.8) is 0 Å². The van der Waals surface area contributed by atoms with Crippen LogP contribution in [0.1, 0.15) is 23.1 Å². The molecule has 2 aromatic carbocycles. The summed E-state index contributed by atoms with van der Waals surface area (Å²) in [5, 5.41) is 1.04. The van der Waals surface area contributed by atoms with Crippen molar-refractivity contribution in [2.75, 3.05) is 6.61 Å². The highest BCUT2D eigenvalue weighted by Gasteiger charge is 2.19. The van der Waals surface area contributed by atoms with E-state index in [1.54, 1.807) is 0 Å². The summed E-state index contributed by atoms with van der Waals surface area (Å²) in [5.74, 6) is 0.710. The van der Waals surface area contributed by atoms with E-state index in [9.17, 15) is 4.79 Å². The Hall–Kier alpha value is -2.81. The average Bonchev–Trinajstić information content (AvgIpc) is 3.10. The number of benzene rings is 2. The molecule has 3 heteroatoms. The zero-order valence-electron chi connectivity index (χ0n) is 13.3.